The lowest BCUT2D eigenvalue weighted by atomic mass is 9.95. The molecule has 26 heavy (non-hydrogen) atoms. The largest absolute Gasteiger partial charge is 0.364 e. The molecule has 1 N–H and O–H groups in total. The first-order valence-corrected chi connectivity index (χ1v) is 9.72. The summed E-state index contributed by atoms with van der Waals surface area (Å²) in [5.74, 6) is -0.485. The van der Waals surface area contributed by atoms with Gasteiger partial charge in [-0.3, -0.25) is 14.3 Å². The number of benzene rings is 1. The molecular weight excluding hydrogens is 358 g/mol. The fourth-order valence-electron chi connectivity index (χ4n) is 2.85. The van der Waals surface area contributed by atoms with Gasteiger partial charge in [-0.2, -0.15) is 0 Å². The van der Waals surface area contributed by atoms with E-state index < -0.39 is 21.2 Å². The van der Waals surface area contributed by atoms with E-state index in [0.717, 1.165) is 6.26 Å². The first kappa shape index (κ1) is 17.9. The number of hydrogen-bond acceptors (Lipinski definition) is 6. The van der Waals surface area contributed by atoms with E-state index in [1.54, 1.807) is 13.8 Å². The third-order valence-corrected chi connectivity index (χ3v) is 5.31. The SMILES string of the molecule is CCn1[nH]cc(C(=O)c2ccc(S(C)(=O)=O)c(-c3ccon3)c2C)c1=O. The van der Waals surface area contributed by atoms with Gasteiger partial charge >= 0.3 is 0 Å². The van der Waals surface area contributed by atoms with Crippen LogP contribution < -0.4 is 5.56 Å². The summed E-state index contributed by atoms with van der Waals surface area (Å²) >= 11 is 0. The molecule has 0 bridgehead atoms. The molecule has 0 atom stereocenters. The highest BCUT2D eigenvalue weighted by Crippen LogP contribution is 2.32. The smallest absolute Gasteiger partial charge is 0.277 e. The third-order valence-electron chi connectivity index (χ3n) is 4.17. The predicted octanol–water partition coefficient (Wildman–Crippen LogP) is 1.79. The van der Waals surface area contributed by atoms with Crippen molar-refractivity contribution < 1.29 is 17.7 Å². The van der Waals surface area contributed by atoms with Crippen molar-refractivity contribution in [3.05, 3.63) is 57.7 Å². The lowest BCUT2D eigenvalue weighted by molar-refractivity contribution is 0.103. The summed E-state index contributed by atoms with van der Waals surface area (Å²) < 4.78 is 30.4. The molecule has 136 valence electrons. The van der Waals surface area contributed by atoms with Gasteiger partial charge in [0.15, 0.2) is 15.6 Å². The second kappa shape index (κ2) is 6.41. The number of carbonyl (C=O) groups excluding carboxylic acids is 1. The summed E-state index contributed by atoms with van der Waals surface area (Å²) in [6.07, 6.45) is 3.76. The standard InChI is InChI=1S/C17H17N3O5S/c1-4-20-17(22)12(9-18-20)16(21)11-5-6-14(26(3,23)24)15(10(11)2)13-7-8-25-19-13/h5-9,18H,4H2,1-3H3. The number of sulfone groups is 1. The molecule has 0 unspecified atom stereocenters. The zero-order chi connectivity index (χ0) is 19.1. The Bertz CT molecular complexity index is 1140. The molecule has 0 spiro atoms. The van der Waals surface area contributed by atoms with Crippen LogP contribution in [0.25, 0.3) is 11.3 Å². The first-order chi connectivity index (χ1) is 12.3. The number of hydrogen-bond donors (Lipinski definition) is 1. The Balaban J connectivity index is 2.24. The number of aryl methyl sites for hydroxylation is 1. The second-order valence-electron chi connectivity index (χ2n) is 5.83. The van der Waals surface area contributed by atoms with E-state index in [4.69, 9.17) is 4.52 Å². The van der Waals surface area contributed by atoms with Crippen molar-refractivity contribution in [1.29, 1.82) is 0 Å². The van der Waals surface area contributed by atoms with Crippen molar-refractivity contribution in [2.24, 2.45) is 0 Å². The highest BCUT2D eigenvalue weighted by molar-refractivity contribution is 7.90. The van der Waals surface area contributed by atoms with E-state index in [1.165, 1.54) is 35.3 Å². The van der Waals surface area contributed by atoms with Gasteiger partial charge in [-0.15, -0.1) is 0 Å². The van der Waals surface area contributed by atoms with Crippen LogP contribution in [0.5, 0.6) is 0 Å². The molecular formula is C17H17N3O5S. The van der Waals surface area contributed by atoms with Gasteiger partial charge in [-0.25, -0.2) is 8.42 Å². The van der Waals surface area contributed by atoms with E-state index in [0.29, 0.717) is 23.4 Å². The van der Waals surface area contributed by atoms with Gasteiger partial charge in [0, 0.05) is 36.2 Å². The lowest BCUT2D eigenvalue weighted by Crippen LogP contribution is -2.21. The Morgan fingerprint density at radius 2 is 2.00 bits per heavy atom. The van der Waals surface area contributed by atoms with E-state index in [2.05, 4.69) is 10.3 Å². The van der Waals surface area contributed by atoms with Gasteiger partial charge in [-0.1, -0.05) is 5.16 Å². The van der Waals surface area contributed by atoms with Crippen molar-refractivity contribution >= 4 is 15.6 Å². The Kier molecular flexibility index (Phi) is 4.41. The minimum absolute atomic E-state index is 0.00633. The molecule has 2 aromatic heterocycles. The summed E-state index contributed by atoms with van der Waals surface area (Å²) in [7, 11) is -3.56. The van der Waals surface area contributed by atoms with Gasteiger partial charge in [0.05, 0.1) is 4.90 Å². The Morgan fingerprint density at radius 3 is 2.54 bits per heavy atom. The quantitative estimate of drug-likeness (QED) is 0.680. The molecule has 3 rings (SSSR count). The average molecular weight is 375 g/mol. The summed E-state index contributed by atoms with van der Waals surface area (Å²) in [6.45, 7) is 3.81. The van der Waals surface area contributed by atoms with Gasteiger partial charge in [0.2, 0.25) is 0 Å². The summed E-state index contributed by atoms with van der Waals surface area (Å²) in [6, 6.07) is 4.29. The number of H-pyrrole nitrogens is 1. The number of rotatable bonds is 5. The molecule has 0 saturated heterocycles. The maximum atomic E-state index is 12.9. The first-order valence-electron chi connectivity index (χ1n) is 7.83. The minimum Gasteiger partial charge on any atom is -0.364 e. The van der Waals surface area contributed by atoms with E-state index >= 15 is 0 Å². The normalized spacial score (nSPS) is 11.7. The molecule has 0 aliphatic carbocycles. The zero-order valence-corrected chi connectivity index (χ0v) is 15.3. The monoisotopic (exact) mass is 375 g/mol. The molecule has 0 aliphatic rings. The molecule has 2 heterocycles. The van der Waals surface area contributed by atoms with Crippen LogP contribution in [0.15, 0.2) is 44.9 Å². The maximum Gasteiger partial charge on any atom is 0.277 e. The minimum atomic E-state index is -3.56. The van der Waals surface area contributed by atoms with Gasteiger partial charge in [0.1, 0.15) is 17.5 Å². The molecule has 3 aromatic rings. The highest BCUT2D eigenvalue weighted by Gasteiger charge is 2.25. The number of nitrogens with zero attached hydrogens (tertiary/aromatic N) is 2. The van der Waals surface area contributed by atoms with Crippen LogP contribution in [0, 0.1) is 6.92 Å². The van der Waals surface area contributed by atoms with Crippen molar-refractivity contribution in [1.82, 2.24) is 14.9 Å². The van der Waals surface area contributed by atoms with Crippen LogP contribution in [0.4, 0.5) is 0 Å². The molecule has 0 saturated carbocycles. The van der Waals surface area contributed by atoms with Crippen LogP contribution in [0.3, 0.4) is 0 Å². The topological polar surface area (TPSA) is 115 Å². The Labute approximate surface area is 149 Å². The van der Waals surface area contributed by atoms with Crippen LogP contribution in [-0.2, 0) is 16.4 Å². The predicted molar refractivity (Wildman–Crippen MR) is 93.9 cm³/mol. The molecule has 9 heteroatoms. The number of carbonyl (C=O) groups is 1. The fraction of sp³-hybridized carbons (Fsp3) is 0.235. The highest BCUT2D eigenvalue weighted by atomic mass is 32.2. The number of nitrogens with one attached hydrogen (secondary N) is 1. The molecule has 0 radical (unpaired) electrons. The van der Waals surface area contributed by atoms with Crippen molar-refractivity contribution in [3.63, 3.8) is 0 Å². The van der Waals surface area contributed by atoms with E-state index in [-0.39, 0.29) is 16.0 Å². The number of ketones is 1. The zero-order valence-electron chi connectivity index (χ0n) is 14.4. The lowest BCUT2D eigenvalue weighted by Gasteiger charge is -2.12. The maximum absolute atomic E-state index is 12.9. The van der Waals surface area contributed by atoms with Crippen LogP contribution in [0.2, 0.25) is 0 Å². The summed E-state index contributed by atoms with van der Waals surface area (Å²) in [5, 5.41) is 6.54. The molecule has 0 aliphatic heterocycles. The third kappa shape index (κ3) is 2.90. The van der Waals surface area contributed by atoms with Crippen LogP contribution in [0.1, 0.15) is 28.4 Å². The molecule has 0 fully saturated rings. The average Bonchev–Trinajstić information content (AvgIpc) is 3.22. The van der Waals surface area contributed by atoms with Gasteiger partial charge in [-0.05, 0) is 31.5 Å². The van der Waals surface area contributed by atoms with E-state index in [1.807, 2.05) is 0 Å². The summed E-state index contributed by atoms with van der Waals surface area (Å²) in [4.78, 5) is 25.2. The van der Waals surface area contributed by atoms with Crippen LogP contribution in [-0.4, -0.2) is 35.4 Å². The van der Waals surface area contributed by atoms with Crippen molar-refractivity contribution in [2.45, 2.75) is 25.3 Å². The van der Waals surface area contributed by atoms with Gasteiger partial charge in [0.25, 0.3) is 5.56 Å². The molecule has 0 amide bonds. The number of aromatic amines is 1. The van der Waals surface area contributed by atoms with Gasteiger partial charge < -0.3 is 9.62 Å². The van der Waals surface area contributed by atoms with Crippen LogP contribution >= 0.6 is 0 Å². The number of aromatic nitrogens is 3. The van der Waals surface area contributed by atoms with Crippen molar-refractivity contribution in [2.75, 3.05) is 6.26 Å². The summed E-state index contributed by atoms with van der Waals surface area (Å²) in [5.41, 5.74) is 0.807. The van der Waals surface area contributed by atoms with Crippen molar-refractivity contribution in [3.8, 4) is 11.3 Å². The fourth-order valence-corrected chi connectivity index (χ4v) is 3.80. The Morgan fingerprint density at radius 1 is 1.27 bits per heavy atom. The van der Waals surface area contributed by atoms with E-state index in [9.17, 15) is 18.0 Å². The Hall–Kier alpha value is -2.94. The second-order valence-corrected chi connectivity index (χ2v) is 7.82. The molecule has 8 nitrogen and oxygen atoms in total. The molecule has 1 aromatic carbocycles.